The molecule has 2 fully saturated rings. The van der Waals surface area contributed by atoms with Crippen molar-refractivity contribution in [2.24, 2.45) is 0 Å². The van der Waals surface area contributed by atoms with Crippen molar-refractivity contribution >= 4 is 23.1 Å². The molecule has 2 aromatic heterocycles. The number of benzene rings is 2. The fourth-order valence-corrected chi connectivity index (χ4v) is 5.78. The minimum Gasteiger partial charge on any atom is -0.492 e. The maximum absolute atomic E-state index is 11.7. The van der Waals surface area contributed by atoms with Crippen LogP contribution in [-0.4, -0.2) is 63.5 Å². The summed E-state index contributed by atoms with van der Waals surface area (Å²) in [5.41, 5.74) is 2.25. The first-order valence-electron chi connectivity index (χ1n) is 14.8. The molecule has 2 aliphatic rings. The van der Waals surface area contributed by atoms with Crippen molar-refractivity contribution in [3.8, 4) is 22.9 Å². The molecule has 6 rings (SSSR count). The molecule has 3 heterocycles. The number of hydrogen-bond acceptors (Lipinski definition) is 8. The summed E-state index contributed by atoms with van der Waals surface area (Å²) in [6.07, 6.45) is 7.81. The number of nitrogens with zero attached hydrogens (tertiary/aromatic N) is 3. The lowest BCUT2D eigenvalue weighted by Crippen LogP contribution is -2.50. The van der Waals surface area contributed by atoms with Crippen LogP contribution in [-0.2, 0) is 11.3 Å². The van der Waals surface area contributed by atoms with E-state index >= 15 is 0 Å². The zero-order chi connectivity index (χ0) is 29.1. The zero-order valence-electron chi connectivity index (χ0n) is 24.2. The second-order valence-electron chi connectivity index (χ2n) is 11.0. The van der Waals surface area contributed by atoms with Gasteiger partial charge in [-0.1, -0.05) is 0 Å². The van der Waals surface area contributed by atoms with Crippen LogP contribution in [0.5, 0.6) is 17.2 Å². The third kappa shape index (κ3) is 5.76. The molecule has 4 aromatic rings. The summed E-state index contributed by atoms with van der Waals surface area (Å²) in [6.45, 7) is 7.82. The van der Waals surface area contributed by atoms with Crippen molar-refractivity contribution in [1.29, 1.82) is 0 Å². The van der Waals surface area contributed by atoms with E-state index in [-0.39, 0.29) is 6.04 Å². The number of ether oxygens (including phenoxy) is 3. The summed E-state index contributed by atoms with van der Waals surface area (Å²) < 4.78 is 26.0. The van der Waals surface area contributed by atoms with E-state index < -0.39 is 11.6 Å². The summed E-state index contributed by atoms with van der Waals surface area (Å²) in [5, 5.41) is 13.0. The summed E-state index contributed by atoms with van der Waals surface area (Å²) in [7, 11) is 0. The van der Waals surface area contributed by atoms with Crippen molar-refractivity contribution in [2.45, 2.75) is 64.1 Å². The lowest BCUT2D eigenvalue weighted by Gasteiger charge is -2.37. The summed E-state index contributed by atoms with van der Waals surface area (Å²) >= 11 is 0. The Labute approximate surface area is 245 Å². The Kier molecular flexibility index (Phi) is 7.97. The molecule has 0 spiro atoms. The molecule has 10 nitrogen and oxygen atoms in total. The van der Waals surface area contributed by atoms with Crippen LogP contribution in [0.2, 0.25) is 0 Å². The summed E-state index contributed by atoms with van der Waals surface area (Å²) in [5.74, 6) is 1.23. The standard InChI is InChI=1S/C32H38N4O6/c1-3-39-27-18-22(19-28(40-4-2)29(27)36-14-5-6-15-36)21-35-16-10-23(11-17-35)33-31-34-25-20-24(8-9-26(25)41-31)42-32(30(37)38)12-7-13-32/h5-6,8-9,14-15,18-20,23H,3-4,7,10-13,16-17,21H2,1-2H3,(H,33,34)(H,37,38). The molecule has 1 aliphatic heterocycles. The van der Waals surface area contributed by atoms with Gasteiger partial charge in [-0.25, -0.2) is 4.79 Å². The van der Waals surface area contributed by atoms with Crippen molar-refractivity contribution < 1.29 is 28.5 Å². The first-order valence-corrected chi connectivity index (χ1v) is 14.8. The smallest absolute Gasteiger partial charge is 0.348 e. The Morgan fingerprint density at radius 1 is 1.07 bits per heavy atom. The normalized spacial score (nSPS) is 17.1. The number of oxazole rings is 1. The SMILES string of the molecule is CCOc1cc(CN2CCC(Nc3nc4cc(OC5(C(=O)O)CCC5)ccc4o3)CC2)cc(OCC)c1-n1cccc1. The van der Waals surface area contributed by atoms with Gasteiger partial charge in [0.1, 0.15) is 28.5 Å². The maximum atomic E-state index is 11.7. The van der Waals surface area contributed by atoms with Gasteiger partial charge in [0.05, 0.1) is 13.2 Å². The topological polar surface area (TPSA) is 111 Å². The van der Waals surface area contributed by atoms with E-state index in [4.69, 9.17) is 18.6 Å². The van der Waals surface area contributed by atoms with E-state index in [2.05, 4.69) is 27.3 Å². The molecule has 222 valence electrons. The van der Waals surface area contributed by atoms with Crippen molar-refractivity contribution in [1.82, 2.24) is 14.5 Å². The molecular weight excluding hydrogens is 536 g/mol. The lowest BCUT2D eigenvalue weighted by atomic mass is 9.80. The molecule has 1 saturated heterocycles. The molecule has 0 atom stereocenters. The molecule has 0 radical (unpaired) electrons. The highest BCUT2D eigenvalue weighted by molar-refractivity contribution is 5.80. The minimum atomic E-state index is -1.12. The quantitative estimate of drug-likeness (QED) is 0.214. The monoisotopic (exact) mass is 574 g/mol. The van der Waals surface area contributed by atoms with E-state index in [0.717, 1.165) is 61.6 Å². The van der Waals surface area contributed by atoms with Crippen LogP contribution < -0.4 is 19.5 Å². The van der Waals surface area contributed by atoms with Crippen molar-refractivity contribution in [2.75, 3.05) is 31.6 Å². The third-order valence-electron chi connectivity index (χ3n) is 8.11. The van der Waals surface area contributed by atoms with Gasteiger partial charge in [0.25, 0.3) is 6.01 Å². The molecular formula is C32H38N4O6. The number of hydrogen-bond donors (Lipinski definition) is 2. The van der Waals surface area contributed by atoms with Crippen LogP contribution in [0, 0.1) is 0 Å². The van der Waals surface area contributed by atoms with Crippen LogP contribution in [0.1, 0.15) is 51.5 Å². The minimum absolute atomic E-state index is 0.240. The number of carboxylic acids is 1. The van der Waals surface area contributed by atoms with Crippen LogP contribution in [0.4, 0.5) is 6.01 Å². The number of likely N-dealkylation sites (tertiary alicyclic amines) is 1. The summed E-state index contributed by atoms with van der Waals surface area (Å²) in [6, 6.07) is 14.3. The van der Waals surface area contributed by atoms with Gasteiger partial charge < -0.3 is 33.6 Å². The Morgan fingerprint density at radius 3 is 2.36 bits per heavy atom. The van der Waals surface area contributed by atoms with Crippen molar-refractivity contribution in [3.05, 3.63) is 60.4 Å². The van der Waals surface area contributed by atoms with E-state index in [9.17, 15) is 9.90 Å². The number of nitrogens with one attached hydrogen (secondary N) is 1. The molecule has 0 unspecified atom stereocenters. The van der Waals surface area contributed by atoms with Gasteiger partial charge in [0, 0.05) is 44.1 Å². The highest BCUT2D eigenvalue weighted by Gasteiger charge is 2.47. The molecule has 42 heavy (non-hydrogen) atoms. The highest BCUT2D eigenvalue weighted by Crippen LogP contribution is 2.38. The number of piperidine rings is 1. The average Bonchev–Trinajstić information content (AvgIpc) is 3.62. The van der Waals surface area contributed by atoms with E-state index in [1.54, 1.807) is 18.2 Å². The van der Waals surface area contributed by atoms with Gasteiger partial charge in [0.2, 0.25) is 5.60 Å². The first kappa shape index (κ1) is 28.0. The first-order chi connectivity index (χ1) is 20.5. The van der Waals surface area contributed by atoms with E-state index in [1.165, 1.54) is 0 Å². The lowest BCUT2D eigenvalue weighted by molar-refractivity contribution is -0.163. The number of anilines is 1. The number of rotatable bonds is 12. The summed E-state index contributed by atoms with van der Waals surface area (Å²) in [4.78, 5) is 18.7. The van der Waals surface area contributed by atoms with Gasteiger partial charge in [-0.3, -0.25) is 4.90 Å². The zero-order valence-corrected chi connectivity index (χ0v) is 24.2. The molecule has 10 heteroatoms. The number of aromatic nitrogens is 2. The van der Waals surface area contributed by atoms with Crippen molar-refractivity contribution in [3.63, 3.8) is 0 Å². The molecule has 1 aliphatic carbocycles. The Hall–Kier alpha value is -4.18. The largest absolute Gasteiger partial charge is 0.492 e. The second kappa shape index (κ2) is 12.0. The molecule has 2 aromatic carbocycles. The fraction of sp³-hybridized carbons (Fsp3) is 0.438. The predicted octanol–water partition coefficient (Wildman–Crippen LogP) is 5.88. The fourth-order valence-electron chi connectivity index (χ4n) is 5.78. The molecule has 0 amide bonds. The van der Waals surface area contributed by atoms with Crippen LogP contribution >= 0.6 is 0 Å². The number of fused-ring (bicyclic) bond motifs is 1. The molecule has 2 N–H and O–H groups in total. The maximum Gasteiger partial charge on any atom is 0.348 e. The van der Waals surface area contributed by atoms with E-state index in [0.29, 0.717) is 48.9 Å². The Morgan fingerprint density at radius 2 is 1.76 bits per heavy atom. The Balaban J connectivity index is 1.08. The Bertz CT molecular complexity index is 1490. The highest BCUT2D eigenvalue weighted by atomic mass is 16.5. The van der Waals surface area contributed by atoms with Crippen LogP contribution in [0.3, 0.4) is 0 Å². The van der Waals surface area contributed by atoms with Gasteiger partial charge in [-0.15, -0.1) is 0 Å². The number of carboxylic acid groups (broad SMARTS) is 1. The van der Waals surface area contributed by atoms with Crippen LogP contribution in [0.25, 0.3) is 16.8 Å². The number of aliphatic carboxylic acids is 1. The van der Waals surface area contributed by atoms with Gasteiger partial charge in [-0.2, -0.15) is 4.98 Å². The second-order valence-corrected chi connectivity index (χ2v) is 11.0. The van der Waals surface area contributed by atoms with E-state index in [1.807, 2.05) is 42.9 Å². The predicted molar refractivity (Wildman–Crippen MR) is 159 cm³/mol. The average molecular weight is 575 g/mol. The number of carbonyl (C=O) groups is 1. The van der Waals surface area contributed by atoms with Gasteiger partial charge in [-0.05, 0) is 87.9 Å². The third-order valence-corrected chi connectivity index (χ3v) is 8.11. The van der Waals surface area contributed by atoms with Crippen LogP contribution in [0.15, 0.2) is 59.3 Å². The van der Waals surface area contributed by atoms with Gasteiger partial charge in [0.15, 0.2) is 5.58 Å². The molecule has 0 bridgehead atoms. The molecule has 1 saturated carbocycles. The van der Waals surface area contributed by atoms with Gasteiger partial charge >= 0.3 is 5.97 Å².